The third kappa shape index (κ3) is 6.64. The zero-order valence-corrected chi connectivity index (χ0v) is 8.14. The second kappa shape index (κ2) is 8.23. The average Bonchev–Trinajstić information content (AvgIpc) is 2.01. The fourth-order valence-corrected chi connectivity index (χ4v) is 0.924. The van der Waals surface area contributed by atoms with E-state index in [0.717, 1.165) is 0 Å². The minimum atomic E-state index is -2.76. The number of aliphatic hydroxyl groups is 1. The first-order chi connectivity index (χ1) is 6.81. The molecule has 0 aromatic heterocycles. The van der Waals surface area contributed by atoms with Gasteiger partial charge in [0.25, 0.3) is 0 Å². The molecule has 0 aliphatic rings. The molecule has 86 valence electrons. The minimum absolute atomic E-state index is 0. The van der Waals surface area contributed by atoms with Gasteiger partial charge in [-0.15, -0.1) is 0 Å². The number of hydrogen-bond acceptors (Lipinski definition) is 6. The van der Waals surface area contributed by atoms with Crippen LogP contribution in [-0.4, -0.2) is 90.2 Å². The average molecular weight is 278 g/mol. The molecule has 10 heteroatoms. The summed E-state index contributed by atoms with van der Waals surface area (Å²) in [6.07, 6.45) is -2.25. The van der Waals surface area contributed by atoms with E-state index in [0.29, 0.717) is 0 Å². The standard InChI is InChI=1S/C6H7O8P.K.H/c7-3(8)1-6(12,5(10)11)2-4(9)14-15-13;;/h12H,1-2H2,(H,7,8)(H,10,11);;. The predicted molar refractivity (Wildman–Crippen MR) is 50.3 cm³/mol. The molecule has 0 aliphatic heterocycles. The molecule has 0 bridgehead atoms. The van der Waals surface area contributed by atoms with Gasteiger partial charge >= 0.3 is 78.0 Å². The van der Waals surface area contributed by atoms with Crippen molar-refractivity contribution in [2.45, 2.75) is 18.4 Å². The molecule has 3 N–H and O–H groups in total. The topological polar surface area (TPSA) is 138 Å². The van der Waals surface area contributed by atoms with Gasteiger partial charge in [0.15, 0.2) is 5.60 Å². The summed E-state index contributed by atoms with van der Waals surface area (Å²) in [7, 11) is -1.00. The van der Waals surface area contributed by atoms with E-state index in [1.54, 1.807) is 0 Å². The van der Waals surface area contributed by atoms with Crippen LogP contribution in [0.2, 0.25) is 0 Å². The molecule has 0 heterocycles. The van der Waals surface area contributed by atoms with E-state index in [4.69, 9.17) is 10.2 Å². The molecule has 0 aliphatic carbocycles. The van der Waals surface area contributed by atoms with Crippen LogP contribution in [0.1, 0.15) is 12.8 Å². The molecule has 0 spiro atoms. The Hall–Kier alpha value is 0.106. The Balaban J connectivity index is 0. The van der Waals surface area contributed by atoms with Gasteiger partial charge in [-0.25, -0.2) is 9.36 Å². The van der Waals surface area contributed by atoms with E-state index in [2.05, 4.69) is 4.52 Å². The second-order valence-corrected chi connectivity index (χ2v) is 2.95. The Morgan fingerprint density at radius 2 is 1.69 bits per heavy atom. The van der Waals surface area contributed by atoms with Gasteiger partial charge in [0.2, 0.25) is 0 Å². The predicted octanol–water partition coefficient (Wildman–Crippen LogP) is -1.23. The molecular formula is C6H8KO8P. The van der Waals surface area contributed by atoms with Crippen LogP contribution >= 0.6 is 8.69 Å². The van der Waals surface area contributed by atoms with Crippen molar-refractivity contribution in [1.82, 2.24) is 0 Å². The van der Waals surface area contributed by atoms with E-state index in [9.17, 15) is 24.1 Å². The van der Waals surface area contributed by atoms with Gasteiger partial charge in [-0.2, -0.15) is 0 Å². The van der Waals surface area contributed by atoms with Crippen LogP contribution < -0.4 is 0 Å². The molecule has 1 unspecified atom stereocenters. The van der Waals surface area contributed by atoms with Gasteiger partial charge < -0.3 is 19.8 Å². The van der Waals surface area contributed by atoms with Crippen LogP contribution in [0.3, 0.4) is 0 Å². The van der Waals surface area contributed by atoms with E-state index in [-0.39, 0.29) is 51.4 Å². The Bertz CT molecular complexity index is 305. The first-order valence-electron chi connectivity index (χ1n) is 3.52. The first-order valence-corrected chi connectivity index (χ1v) is 4.25. The first kappa shape index (κ1) is 18.5. The maximum atomic E-state index is 10.7. The van der Waals surface area contributed by atoms with Crippen molar-refractivity contribution < 1.29 is 38.8 Å². The normalized spacial score (nSPS) is 13.3. The monoisotopic (exact) mass is 278 g/mol. The van der Waals surface area contributed by atoms with E-state index < -0.39 is 45.0 Å². The second-order valence-electron chi connectivity index (χ2n) is 2.62. The molecule has 0 aromatic rings. The van der Waals surface area contributed by atoms with E-state index in [1.165, 1.54) is 0 Å². The maximum absolute atomic E-state index is 10.7. The number of carbonyl (C=O) groups excluding carboxylic acids is 1. The van der Waals surface area contributed by atoms with Gasteiger partial charge in [-0.3, -0.25) is 9.59 Å². The number of carbonyl (C=O) groups is 3. The van der Waals surface area contributed by atoms with Gasteiger partial charge in [0.1, 0.15) is 0 Å². The summed E-state index contributed by atoms with van der Waals surface area (Å²) >= 11 is 0. The zero-order valence-electron chi connectivity index (χ0n) is 7.24. The molecular weight excluding hydrogens is 270 g/mol. The number of carboxylic acids is 2. The quantitative estimate of drug-likeness (QED) is 0.405. The molecule has 8 nitrogen and oxygen atoms in total. The van der Waals surface area contributed by atoms with Gasteiger partial charge in [-0.05, 0) is 0 Å². The van der Waals surface area contributed by atoms with Crippen molar-refractivity contribution in [2.24, 2.45) is 0 Å². The van der Waals surface area contributed by atoms with Gasteiger partial charge in [0.05, 0.1) is 12.8 Å². The molecule has 0 saturated heterocycles. The summed E-state index contributed by atoms with van der Waals surface area (Å²) in [6, 6.07) is 0. The van der Waals surface area contributed by atoms with Crippen molar-refractivity contribution in [3.8, 4) is 0 Å². The SMILES string of the molecule is O=POC(=O)CC(O)(CC(=O)O)C(=O)O.[KH]. The van der Waals surface area contributed by atoms with Crippen molar-refractivity contribution in [3.63, 3.8) is 0 Å². The summed E-state index contributed by atoms with van der Waals surface area (Å²) in [6.45, 7) is 0. The van der Waals surface area contributed by atoms with Gasteiger partial charge in [-0.1, -0.05) is 0 Å². The number of carboxylic acid groups (broad SMARTS) is 2. The molecule has 0 rings (SSSR count). The Kier molecular flexibility index (Phi) is 9.51. The fraction of sp³-hybridized carbons (Fsp3) is 0.500. The van der Waals surface area contributed by atoms with Crippen LogP contribution in [0.5, 0.6) is 0 Å². The number of hydrogen-bond donors (Lipinski definition) is 3. The molecule has 0 amide bonds. The summed E-state index contributed by atoms with van der Waals surface area (Å²) in [5.41, 5.74) is -2.76. The van der Waals surface area contributed by atoms with Crippen molar-refractivity contribution in [2.75, 3.05) is 0 Å². The van der Waals surface area contributed by atoms with Crippen LogP contribution in [0.4, 0.5) is 0 Å². The fourth-order valence-electron chi connectivity index (χ4n) is 0.777. The van der Waals surface area contributed by atoms with E-state index in [1.807, 2.05) is 0 Å². The van der Waals surface area contributed by atoms with Crippen molar-refractivity contribution >= 4 is 78.0 Å². The summed E-state index contributed by atoms with van der Waals surface area (Å²) < 4.78 is 13.6. The Morgan fingerprint density at radius 3 is 2.00 bits per heavy atom. The van der Waals surface area contributed by atoms with Crippen molar-refractivity contribution in [1.29, 1.82) is 0 Å². The summed E-state index contributed by atoms with van der Waals surface area (Å²) in [4.78, 5) is 31.4. The van der Waals surface area contributed by atoms with Crippen LogP contribution in [0, 0.1) is 0 Å². The third-order valence-corrected chi connectivity index (χ3v) is 1.70. The molecule has 0 aromatic carbocycles. The molecule has 0 fully saturated rings. The Morgan fingerprint density at radius 1 is 1.19 bits per heavy atom. The van der Waals surface area contributed by atoms with Gasteiger partial charge in [0, 0.05) is 0 Å². The number of rotatable bonds is 6. The van der Waals surface area contributed by atoms with Crippen LogP contribution in [0.25, 0.3) is 0 Å². The molecule has 0 saturated carbocycles. The third-order valence-electron chi connectivity index (χ3n) is 1.42. The van der Waals surface area contributed by atoms with Crippen LogP contribution in [-0.2, 0) is 23.5 Å². The Labute approximate surface area is 134 Å². The zero-order chi connectivity index (χ0) is 12.1. The molecule has 0 radical (unpaired) electrons. The number of aliphatic carboxylic acids is 2. The molecule has 1 atom stereocenters. The van der Waals surface area contributed by atoms with Crippen molar-refractivity contribution in [3.05, 3.63) is 0 Å². The van der Waals surface area contributed by atoms with E-state index >= 15 is 0 Å². The molecule has 16 heavy (non-hydrogen) atoms. The summed E-state index contributed by atoms with van der Waals surface area (Å²) in [5, 5.41) is 26.1. The van der Waals surface area contributed by atoms with Crippen LogP contribution in [0.15, 0.2) is 0 Å². The summed E-state index contributed by atoms with van der Waals surface area (Å²) in [5.74, 6) is -4.74.